The first-order valence-corrected chi connectivity index (χ1v) is 7.34. The first-order chi connectivity index (χ1) is 9.60. The van der Waals surface area contributed by atoms with Gasteiger partial charge >= 0.3 is 0 Å². The molecule has 2 heterocycles. The van der Waals surface area contributed by atoms with Crippen LogP contribution in [0.4, 0.5) is 4.39 Å². The zero-order valence-corrected chi connectivity index (χ0v) is 12.1. The predicted octanol–water partition coefficient (Wildman–Crippen LogP) is 3.21. The van der Waals surface area contributed by atoms with Crippen LogP contribution in [0.15, 0.2) is 18.2 Å². The fourth-order valence-electron chi connectivity index (χ4n) is 3.38. The predicted molar refractivity (Wildman–Crippen MR) is 74.8 cm³/mol. The average molecular weight is 298 g/mol. The maximum absolute atomic E-state index is 14.0. The number of nitrogens with zero attached hydrogens (tertiary/aromatic N) is 1. The molecule has 2 aliphatic heterocycles. The molecule has 0 N–H and O–H groups in total. The number of hydrogen-bond donors (Lipinski definition) is 0. The van der Waals surface area contributed by atoms with Crippen molar-refractivity contribution in [2.75, 3.05) is 7.11 Å². The van der Waals surface area contributed by atoms with Crippen molar-refractivity contribution in [1.82, 2.24) is 4.90 Å². The van der Waals surface area contributed by atoms with Gasteiger partial charge in [0.2, 0.25) is 0 Å². The van der Waals surface area contributed by atoms with Gasteiger partial charge < -0.3 is 9.64 Å². The lowest BCUT2D eigenvalue weighted by molar-refractivity contribution is 0.0594. The summed E-state index contributed by atoms with van der Waals surface area (Å²) >= 11 is 6.20. The first-order valence-electron chi connectivity index (χ1n) is 6.90. The van der Waals surface area contributed by atoms with Crippen LogP contribution in [-0.4, -0.2) is 35.4 Å². The van der Waals surface area contributed by atoms with E-state index in [1.54, 1.807) is 6.07 Å². The van der Waals surface area contributed by atoms with Gasteiger partial charge in [-0.3, -0.25) is 4.79 Å². The van der Waals surface area contributed by atoms with E-state index >= 15 is 0 Å². The minimum Gasteiger partial charge on any atom is -0.497 e. The first kappa shape index (κ1) is 13.7. The van der Waals surface area contributed by atoms with Crippen LogP contribution >= 0.6 is 11.6 Å². The van der Waals surface area contributed by atoms with Crippen LogP contribution < -0.4 is 4.74 Å². The summed E-state index contributed by atoms with van der Waals surface area (Å²) in [6.45, 7) is 0. The number of piperidine rings is 1. The van der Waals surface area contributed by atoms with Gasteiger partial charge in [0.05, 0.1) is 12.7 Å². The minimum atomic E-state index is -0.526. The summed E-state index contributed by atoms with van der Waals surface area (Å²) in [5, 5.41) is 0.136. The molecule has 1 aromatic carbocycles. The molecule has 0 spiro atoms. The van der Waals surface area contributed by atoms with Crippen molar-refractivity contribution >= 4 is 17.5 Å². The molecule has 2 aliphatic rings. The number of rotatable bonds is 2. The lowest BCUT2D eigenvalue weighted by atomic mass is 10.0. The van der Waals surface area contributed by atoms with Crippen LogP contribution in [0.25, 0.3) is 0 Å². The summed E-state index contributed by atoms with van der Waals surface area (Å²) in [4.78, 5) is 14.4. The van der Waals surface area contributed by atoms with Gasteiger partial charge in [-0.05, 0) is 37.8 Å². The number of amides is 1. The number of halogens is 2. The van der Waals surface area contributed by atoms with E-state index in [4.69, 9.17) is 16.3 Å². The normalized spacial score (nSPS) is 28.6. The van der Waals surface area contributed by atoms with Crippen molar-refractivity contribution in [2.45, 2.75) is 43.1 Å². The second kappa shape index (κ2) is 5.24. The Bertz CT molecular complexity index is 523. The van der Waals surface area contributed by atoms with Gasteiger partial charge in [-0.2, -0.15) is 0 Å². The molecule has 2 bridgehead atoms. The van der Waals surface area contributed by atoms with E-state index in [1.165, 1.54) is 19.2 Å². The van der Waals surface area contributed by atoms with E-state index in [9.17, 15) is 9.18 Å². The van der Waals surface area contributed by atoms with Gasteiger partial charge in [-0.25, -0.2) is 4.39 Å². The third kappa shape index (κ3) is 2.26. The fourth-order valence-corrected chi connectivity index (χ4v) is 3.79. The van der Waals surface area contributed by atoms with Crippen molar-refractivity contribution in [3.05, 3.63) is 29.6 Å². The molecule has 2 saturated heterocycles. The monoisotopic (exact) mass is 297 g/mol. The Hall–Kier alpha value is -1.29. The van der Waals surface area contributed by atoms with E-state index in [-0.39, 0.29) is 28.9 Å². The molecule has 0 radical (unpaired) electrons. The number of fused-ring (bicyclic) bond motifs is 2. The Balaban J connectivity index is 1.86. The minimum absolute atomic E-state index is 0.121. The van der Waals surface area contributed by atoms with Gasteiger partial charge in [0.15, 0.2) is 0 Å². The topological polar surface area (TPSA) is 29.5 Å². The highest BCUT2D eigenvalue weighted by molar-refractivity contribution is 6.20. The molecule has 1 amide bonds. The summed E-state index contributed by atoms with van der Waals surface area (Å²) in [6, 6.07) is 4.69. The lowest BCUT2D eigenvalue weighted by Crippen LogP contribution is -2.47. The summed E-state index contributed by atoms with van der Waals surface area (Å²) in [5.41, 5.74) is 0.121. The van der Waals surface area contributed by atoms with Crippen molar-refractivity contribution in [3.8, 4) is 5.75 Å². The fraction of sp³-hybridized carbons (Fsp3) is 0.533. The molecule has 1 aromatic rings. The third-order valence-corrected chi connectivity index (χ3v) is 4.67. The van der Waals surface area contributed by atoms with Crippen molar-refractivity contribution < 1.29 is 13.9 Å². The van der Waals surface area contributed by atoms with Gasteiger partial charge in [-0.1, -0.05) is 0 Å². The summed E-state index contributed by atoms with van der Waals surface area (Å²) < 4.78 is 19.0. The average Bonchev–Trinajstić information content (AvgIpc) is 2.70. The molecule has 20 heavy (non-hydrogen) atoms. The Labute approximate surface area is 122 Å². The zero-order chi connectivity index (χ0) is 14.3. The Morgan fingerprint density at radius 2 is 2.00 bits per heavy atom. The Kier molecular flexibility index (Phi) is 3.59. The highest BCUT2D eigenvalue weighted by Crippen LogP contribution is 2.39. The molecule has 0 aliphatic carbocycles. The highest BCUT2D eigenvalue weighted by atomic mass is 35.5. The number of alkyl halides is 1. The molecule has 2 atom stereocenters. The second-order valence-corrected chi connectivity index (χ2v) is 6.13. The molecule has 5 heteroatoms. The SMILES string of the molecule is COc1ccc(C(=O)N2C3CCC2CC(Cl)C3)c(F)c1. The summed E-state index contributed by atoms with van der Waals surface area (Å²) in [6.07, 6.45) is 3.55. The van der Waals surface area contributed by atoms with Crippen LogP contribution in [0, 0.1) is 5.82 Å². The zero-order valence-electron chi connectivity index (χ0n) is 11.3. The van der Waals surface area contributed by atoms with Gasteiger partial charge in [0, 0.05) is 23.5 Å². The molecular weight excluding hydrogens is 281 g/mol. The van der Waals surface area contributed by atoms with Gasteiger partial charge in [0.25, 0.3) is 5.91 Å². The van der Waals surface area contributed by atoms with Crippen molar-refractivity contribution in [3.63, 3.8) is 0 Å². The van der Waals surface area contributed by atoms with E-state index < -0.39 is 5.82 Å². The maximum atomic E-state index is 14.0. The maximum Gasteiger partial charge on any atom is 0.257 e. The lowest BCUT2D eigenvalue weighted by Gasteiger charge is -2.37. The van der Waals surface area contributed by atoms with E-state index in [2.05, 4.69) is 0 Å². The quantitative estimate of drug-likeness (QED) is 0.785. The number of ether oxygens (including phenoxy) is 1. The molecule has 108 valence electrons. The summed E-state index contributed by atoms with van der Waals surface area (Å²) in [5.74, 6) is -0.329. The Morgan fingerprint density at radius 3 is 2.55 bits per heavy atom. The van der Waals surface area contributed by atoms with Crippen LogP contribution in [0.1, 0.15) is 36.0 Å². The van der Waals surface area contributed by atoms with Crippen molar-refractivity contribution in [1.29, 1.82) is 0 Å². The smallest absolute Gasteiger partial charge is 0.257 e. The molecule has 0 aromatic heterocycles. The number of benzene rings is 1. The van der Waals surface area contributed by atoms with Crippen LogP contribution in [0.2, 0.25) is 0 Å². The van der Waals surface area contributed by atoms with E-state index in [0.717, 1.165) is 25.7 Å². The molecule has 0 saturated carbocycles. The molecular formula is C15H17ClFNO2. The van der Waals surface area contributed by atoms with Gasteiger partial charge in [0.1, 0.15) is 11.6 Å². The Morgan fingerprint density at radius 1 is 1.35 bits per heavy atom. The van der Waals surface area contributed by atoms with Crippen LogP contribution in [0.3, 0.4) is 0 Å². The van der Waals surface area contributed by atoms with Gasteiger partial charge in [-0.15, -0.1) is 11.6 Å². The number of carbonyl (C=O) groups is 1. The number of methoxy groups -OCH3 is 1. The number of hydrogen-bond acceptors (Lipinski definition) is 2. The molecule has 2 unspecified atom stereocenters. The standard InChI is InChI=1S/C15H17ClFNO2/c1-20-12-4-5-13(14(17)8-12)15(19)18-10-2-3-11(18)7-9(16)6-10/h4-5,8-11H,2-3,6-7H2,1H3. The van der Waals surface area contributed by atoms with Crippen LogP contribution in [0.5, 0.6) is 5.75 Å². The second-order valence-electron chi connectivity index (χ2n) is 5.51. The summed E-state index contributed by atoms with van der Waals surface area (Å²) in [7, 11) is 1.47. The molecule has 3 nitrogen and oxygen atoms in total. The van der Waals surface area contributed by atoms with Crippen LogP contribution in [-0.2, 0) is 0 Å². The number of carbonyl (C=O) groups excluding carboxylic acids is 1. The highest BCUT2D eigenvalue weighted by Gasteiger charge is 2.43. The van der Waals surface area contributed by atoms with E-state index in [1.807, 2.05) is 4.90 Å². The van der Waals surface area contributed by atoms with E-state index in [0.29, 0.717) is 5.75 Å². The third-order valence-electron chi connectivity index (χ3n) is 4.32. The largest absolute Gasteiger partial charge is 0.497 e. The van der Waals surface area contributed by atoms with Crippen molar-refractivity contribution in [2.24, 2.45) is 0 Å². The molecule has 3 rings (SSSR count). The molecule has 2 fully saturated rings.